The van der Waals surface area contributed by atoms with Gasteiger partial charge in [0.2, 0.25) is 0 Å². The Hall–Kier alpha value is -1.34. The molecule has 0 saturated heterocycles. The molecule has 2 aromatic rings. The van der Waals surface area contributed by atoms with Gasteiger partial charge in [-0.3, -0.25) is 0 Å². The zero-order valence-corrected chi connectivity index (χ0v) is 7.04. The van der Waals surface area contributed by atoms with Crippen molar-refractivity contribution in [2.24, 2.45) is 0 Å². The highest BCUT2D eigenvalue weighted by molar-refractivity contribution is 5.82. The molecule has 0 aromatic heterocycles. The van der Waals surface area contributed by atoms with Crippen LogP contribution in [0.2, 0.25) is 0 Å². The van der Waals surface area contributed by atoms with Gasteiger partial charge in [-0.05, 0) is 17.7 Å². The van der Waals surface area contributed by atoms with Gasteiger partial charge in [0.1, 0.15) is 0 Å². The maximum atomic E-state index is 2.20. The van der Waals surface area contributed by atoms with E-state index in [2.05, 4.69) is 49.4 Å². The Labute approximate surface area is 72.0 Å². The van der Waals surface area contributed by atoms with Gasteiger partial charge in [-0.15, -0.1) is 0 Å². The molecule has 0 unspecified atom stereocenters. The summed E-state index contributed by atoms with van der Waals surface area (Å²) in [5.41, 5.74) is 1.32. The van der Waals surface area contributed by atoms with Gasteiger partial charge < -0.3 is 5.48 Å². The summed E-state index contributed by atoms with van der Waals surface area (Å²) in [6.45, 7) is 2.12. The molecule has 0 heterocycles. The first-order chi connectivity index (χ1) is 5.36. The van der Waals surface area contributed by atoms with E-state index in [9.17, 15) is 0 Å². The molecule has 2 aromatic carbocycles. The van der Waals surface area contributed by atoms with Crippen LogP contribution in [0.15, 0.2) is 42.5 Å². The second-order valence-corrected chi connectivity index (χ2v) is 2.85. The first-order valence-corrected chi connectivity index (χ1v) is 3.82. The van der Waals surface area contributed by atoms with Crippen LogP contribution >= 0.6 is 0 Å². The van der Waals surface area contributed by atoms with Crippen molar-refractivity contribution in [3.63, 3.8) is 0 Å². The van der Waals surface area contributed by atoms with Gasteiger partial charge in [-0.1, -0.05) is 48.0 Å². The molecule has 0 spiro atoms. The van der Waals surface area contributed by atoms with Crippen molar-refractivity contribution in [3.05, 3.63) is 48.0 Å². The number of hydrogen-bond acceptors (Lipinski definition) is 0. The molecular formula is C11H12O. The van der Waals surface area contributed by atoms with Crippen molar-refractivity contribution in [3.8, 4) is 0 Å². The normalized spacial score (nSPS) is 9.42. The van der Waals surface area contributed by atoms with Gasteiger partial charge in [0.15, 0.2) is 0 Å². The summed E-state index contributed by atoms with van der Waals surface area (Å²) in [5, 5.41) is 2.64. The lowest BCUT2D eigenvalue weighted by Gasteiger charge is -1.96. The van der Waals surface area contributed by atoms with E-state index in [0.717, 1.165) is 0 Å². The molecule has 0 fully saturated rings. The number of rotatable bonds is 0. The standard InChI is InChI=1S/C11H10.H2O/c1-9-6-7-10-4-2-3-5-11(10)8-9;/h2-8H,1H3;1H2. The summed E-state index contributed by atoms with van der Waals surface area (Å²) < 4.78 is 0. The lowest BCUT2D eigenvalue weighted by atomic mass is 10.1. The van der Waals surface area contributed by atoms with Crippen LogP contribution in [-0.2, 0) is 0 Å². The number of benzene rings is 2. The second-order valence-electron chi connectivity index (χ2n) is 2.85. The summed E-state index contributed by atoms with van der Waals surface area (Å²) >= 11 is 0. The lowest BCUT2D eigenvalue weighted by Crippen LogP contribution is -1.73. The minimum atomic E-state index is 0. The zero-order chi connectivity index (χ0) is 7.68. The molecular weight excluding hydrogens is 148 g/mol. The minimum absolute atomic E-state index is 0. The topological polar surface area (TPSA) is 31.5 Å². The van der Waals surface area contributed by atoms with Crippen LogP contribution in [0.1, 0.15) is 5.56 Å². The monoisotopic (exact) mass is 160 g/mol. The SMILES string of the molecule is Cc1ccc2ccccc2c1.O. The highest BCUT2D eigenvalue weighted by Crippen LogP contribution is 2.14. The van der Waals surface area contributed by atoms with Crippen molar-refractivity contribution in [2.75, 3.05) is 0 Å². The van der Waals surface area contributed by atoms with Crippen molar-refractivity contribution in [1.82, 2.24) is 0 Å². The molecule has 0 amide bonds. The molecule has 0 aliphatic rings. The molecule has 0 atom stereocenters. The number of fused-ring (bicyclic) bond motifs is 1. The summed E-state index contributed by atoms with van der Waals surface area (Å²) in [5.74, 6) is 0. The fourth-order valence-corrected chi connectivity index (χ4v) is 1.31. The fourth-order valence-electron chi connectivity index (χ4n) is 1.31. The smallest absolute Gasteiger partial charge is 0.0181 e. The Morgan fingerprint density at radius 1 is 0.833 bits per heavy atom. The second kappa shape index (κ2) is 3.37. The van der Waals surface area contributed by atoms with E-state index in [-0.39, 0.29) is 5.48 Å². The van der Waals surface area contributed by atoms with Crippen LogP contribution in [-0.4, -0.2) is 5.48 Å². The Bertz CT molecular complexity index is 379. The molecule has 0 bridgehead atoms. The van der Waals surface area contributed by atoms with Gasteiger partial charge in [-0.2, -0.15) is 0 Å². The van der Waals surface area contributed by atoms with E-state index in [4.69, 9.17) is 0 Å². The van der Waals surface area contributed by atoms with E-state index in [1.165, 1.54) is 16.3 Å². The molecule has 1 nitrogen and oxygen atoms in total. The largest absolute Gasteiger partial charge is 0.412 e. The fraction of sp³-hybridized carbons (Fsp3) is 0.0909. The van der Waals surface area contributed by atoms with Gasteiger partial charge in [0.05, 0.1) is 0 Å². The predicted molar refractivity (Wildman–Crippen MR) is 52.3 cm³/mol. The summed E-state index contributed by atoms with van der Waals surface area (Å²) in [4.78, 5) is 0. The predicted octanol–water partition coefficient (Wildman–Crippen LogP) is 2.32. The van der Waals surface area contributed by atoms with Crippen LogP contribution in [0.4, 0.5) is 0 Å². The Kier molecular flexibility index (Phi) is 2.46. The number of hydrogen-bond donors (Lipinski definition) is 0. The van der Waals surface area contributed by atoms with Crippen molar-refractivity contribution in [1.29, 1.82) is 0 Å². The molecule has 1 heteroatoms. The van der Waals surface area contributed by atoms with Gasteiger partial charge in [0.25, 0.3) is 0 Å². The highest BCUT2D eigenvalue weighted by Gasteiger charge is 1.89. The van der Waals surface area contributed by atoms with Crippen molar-refractivity contribution >= 4 is 10.8 Å². The molecule has 0 aliphatic carbocycles. The Balaban J connectivity index is 0.000000720. The average molecular weight is 160 g/mol. The minimum Gasteiger partial charge on any atom is -0.412 e. The van der Waals surface area contributed by atoms with Gasteiger partial charge in [0, 0.05) is 0 Å². The van der Waals surface area contributed by atoms with Crippen molar-refractivity contribution < 1.29 is 5.48 Å². The molecule has 62 valence electrons. The molecule has 12 heavy (non-hydrogen) atoms. The first kappa shape index (κ1) is 8.75. The average Bonchev–Trinajstić information content (AvgIpc) is 2.04. The van der Waals surface area contributed by atoms with Gasteiger partial charge >= 0.3 is 0 Å². The third-order valence-corrected chi connectivity index (χ3v) is 1.90. The number of aryl methyl sites for hydroxylation is 1. The maximum Gasteiger partial charge on any atom is -0.0181 e. The van der Waals surface area contributed by atoms with E-state index in [1.54, 1.807) is 0 Å². The van der Waals surface area contributed by atoms with Crippen LogP contribution in [0.3, 0.4) is 0 Å². The van der Waals surface area contributed by atoms with Crippen LogP contribution in [0.5, 0.6) is 0 Å². The molecule has 0 aliphatic heterocycles. The molecule has 0 radical (unpaired) electrons. The third kappa shape index (κ3) is 1.46. The Morgan fingerprint density at radius 2 is 1.50 bits per heavy atom. The van der Waals surface area contributed by atoms with Crippen molar-refractivity contribution in [2.45, 2.75) is 6.92 Å². The van der Waals surface area contributed by atoms with E-state index >= 15 is 0 Å². The highest BCUT2D eigenvalue weighted by atomic mass is 16.0. The molecule has 0 saturated carbocycles. The quantitative estimate of drug-likeness (QED) is 0.566. The van der Waals surface area contributed by atoms with Crippen LogP contribution in [0, 0.1) is 6.92 Å². The molecule has 2 rings (SSSR count). The first-order valence-electron chi connectivity index (χ1n) is 3.82. The van der Waals surface area contributed by atoms with Gasteiger partial charge in [-0.25, -0.2) is 0 Å². The van der Waals surface area contributed by atoms with E-state index in [0.29, 0.717) is 0 Å². The van der Waals surface area contributed by atoms with Crippen LogP contribution < -0.4 is 0 Å². The van der Waals surface area contributed by atoms with Crippen LogP contribution in [0.25, 0.3) is 10.8 Å². The summed E-state index contributed by atoms with van der Waals surface area (Å²) in [6.07, 6.45) is 0. The Morgan fingerprint density at radius 3 is 2.25 bits per heavy atom. The van der Waals surface area contributed by atoms with E-state index < -0.39 is 0 Å². The zero-order valence-electron chi connectivity index (χ0n) is 7.04. The summed E-state index contributed by atoms with van der Waals surface area (Å²) in [7, 11) is 0. The molecule has 2 N–H and O–H groups in total. The third-order valence-electron chi connectivity index (χ3n) is 1.90. The maximum absolute atomic E-state index is 2.20. The lowest BCUT2D eigenvalue weighted by molar-refractivity contribution is 0.824. The summed E-state index contributed by atoms with van der Waals surface area (Å²) in [6, 6.07) is 14.9. The van der Waals surface area contributed by atoms with E-state index in [1.807, 2.05) is 0 Å².